The Bertz CT molecular complexity index is 887. The van der Waals surface area contributed by atoms with Gasteiger partial charge in [-0.3, -0.25) is 25.0 Å². The van der Waals surface area contributed by atoms with E-state index >= 15 is 0 Å². The molecule has 0 radical (unpaired) electrons. The SMILES string of the molecule is COc1ccccc1[C@H]1SCCN1C(=O)c1cc([N+](=O)[O-])cc([N+](=O)[O-])c1. The zero-order chi connectivity index (χ0) is 19.6. The van der Waals surface area contributed by atoms with Gasteiger partial charge in [-0.15, -0.1) is 11.8 Å². The average Bonchev–Trinajstić information content (AvgIpc) is 3.16. The number of ether oxygens (including phenoxy) is 1. The summed E-state index contributed by atoms with van der Waals surface area (Å²) in [4.78, 5) is 35.2. The summed E-state index contributed by atoms with van der Waals surface area (Å²) >= 11 is 1.53. The number of rotatable bonds is 5. The number of amides is 1. The highest BCUT2D eigenvalue weighted by atomic mass is 32.2. The van der Waals surface area contributed by atoms with E-state index in [2.05, 4.69) is 0 Å². The Morgan fingerprint density at radius 2 is 1.78 bits per heavy atom. The van der Waals surface area contributed by atoms with Crippen LogP contribution in [0.15, 0.2) is 42.5 Å². The molecule has 0 bridgehead atoms. The van der Waals surface area contributed by atoms with Crippen molar-refractivity contribution in [3.63, 3.8) is 0 Å². The third kappa shape index (κ3) is 3.70. The molecule has 0 saturated carbocycles. The third-order valence-electron chi connectivity index (χ3n) is 4.13. The Labute approximate surface area is 158 Å². The van der Waals surface area contributed by atoms with Crippen LogP contribution in [0.1, 0.15) is 21.3 Å². The van der Waals surface area contributed by atoms with Gasteiger partial charge in [-0.2, -0.15) is 0 Å². The summed E-state index contributed by atoms with van der Waals surface area (Å²) in [6, 6.07) is 10.3. The van der Waals surface area contributed by atoms with Crippen molar-refractivity contribution in [2.75, 3.05) is 19.4 Å². The molecule has 0 N–H and O–H groups in total. The summed E-state index contributed by atoms with van der Waals surface area (Å²) in [7, 11) is 1.54. The van der Waals surface area contributed by atoms with Crippen LogP contribution in [0.25, 0.3) is 0 Å². The second kappa shape index (κ2) is 7.62. The molecule has 0 aromatic heterocycles. The number of thioether (sulfide) groups is 1. The molecule has 140 valence electrons. The first-order chi connectivity index (χ1) is 12.9. The smallest absolute Gasteiger partial charge is 0.277 e. The van der Waals surface area contributed by atoms with E-state index in [1.54, 1.807) is 11.0 Å². The van der Waals surface area contributed by atoms with Gasteiger partial charge in [0.2, 0.25) is 0 Å². The summed E-state index contributed by atoms with van der Waals surface area (Å²) in [6.45, 7) is 0.419. The molecule has 27 heavy (non-hydrogen) atoms. The molecule has 3 rings (SSSR count). The van der Waals surface area contributed by atoms with Crippen molar-refractivity contribution in [1.29, 1.82) is 0 Å². The van der Waals surface area contributed by atoms with Crippen LogP contribution in [0.4, 0.5) is 11.4 Å². The van der Waals surface area contributed by atoms with E-state index in [1.165, 1.54) is 18.9 Å². The largest absolute Gasteiger partial charge is 0.496 e. The number of nitro benzene ring substituents is 2. The first-order valence-corrected chi connectivity index (χ1v) is 8.96. The van der Waals surface area contributed by atoms with Crippen molar-refractivity contribution in [2.45, 2.75) is 5.37 Å². The fraction of sp³-hybridized carbons (Fsp3) is 0.235. The molecule has 9 nitrogen and oxygen atoms in total. The lowest BCUT2D eigenvalue weighted by molar-refractivity contribution is -0.394. The monoisotopic (exact) mass is 389 g/mol. The maximum atomic E-state index is 13.0. The first kappa shape index (κ1) is 18.6. The van der Waals surface area contributed by atoms with Crippen LogP contribution < -0.4 is 4.74 Å². The van der Waals surface area contributed by atoms with Gasteiger partial charge in [0.25, 0.3) is 17.3 Å². The predicted molar refractivity (Wildman–Crippen MR) is 99.0 cm³/mol. The second-order valence-electron chi connectivity index (χ2n) is 5.72. The first-order valence-electron chi connectivity index (χ1n) is 7.91. The van der Waals surface area contributed by atoms with Crippen LogP contribution in [0.3, 0.4) is 0 Å². The van der Waals surface area contributed by atoms with Gasteiger partial charge in [0.15, 0.2) is 0 Å². The van der Waals surface area contributed by atoms with E-state index in [-0.39, 0.29) is 10.9 Å². The highest BCUT2D eigenvalue weighted by Crippen LogP contribution is 2.42. The summed E-state index contributed by atoms with van der Waals surface area (Å²) in [6.07, 6.45) is 0. The number of non-ortho nitro benzene ring substituents is 2. The minimum Gasteiger partial charge on any atom is -0.496 e. The number of carbonyl (C=O) groups is 1. The van der Waals surface area contributed by atoms with Crippen LogP contribution in [-0.2, 0) is 0 Å². The number of nitro groups is 2. The summed E-state index contributed by atoms with van der Waals surface area (Å²) in [5, 5.41) is 21.8. The van der Waals surface area contributed by atoms with Gasteiger partial charge in [0, 0.05) is 30.0 Å². The van der Waals surface area contributed by atoms with Crippen molar-refractivity contribution in [2.24, 2.45) is 0 Å². The fourth-order valence-corrected chi connectivity index (χ4v) is 4.18. The van der Waals surface area contributed by atoms with Gasteiger partial charge in [-0.05, 0) is 6.07 Å². The Morgan fingerprint density at radius 3 is 2.37 bits per heavy atom. The number of carbonyl (C=O) groups excluding carboxylic acids is 1. The van der Waals surface area contributed by atoms with E-state index < -0.39 is 27.1 Å². The summed E-state index contributed by atoms with van der Waals surface area (Å²) < 4.78 is 5.36. The Hall–Kier alpha value is -3.14. The maximum absolute atomic E-state index is 13.0. The van der Waals surface area contributed by atoms with Crippen LogP contribution in [0.2, 0.25) is 0 Å². The standard InChI is InChI=1S/C17H15N3O6S/c1-26-15-5-3-2-4-14(15)17-18(6-7-27-17)16(21)11-8-12(19(22)23)10-13(9-11)20(24)25/h2-5,8-10,17H,6-7H2,1H3/t17-/m1/s1. The number of methoxy groups -OCH3 is 1. The molecule has 1 heterocycles. The highest BCUT2D eigenvalue weighted by Gasteiger charge is 2.34. The molecule has 1 atom stereocenters. The molecular weight excluding hydrogens is 374 g/mol. The molecule has 2 aromatic carbocycles. The van der Waals surface area contributed by atoms with Gasteiger partial charge >= 0.3 is 0 Å². The van der Waals surface area contributed by atoms with Gasteiger partial charge < -0.3 is 9.64 Å². The number of hydrogen-bond donors (Lipinski definition) is 0. The van der Waals surface area contributed by atoms with Crippen molar-refractivity contribution >= 4 is 29.0 Å². The average molecular weight is 389 g/mol. The maximum Gasteiger partial charge on any atom is 0.277 e. The Morgan fingerprint density at radius 1 is 1.15 bits per heavy atom. The van der Waals surface area contributed by atoms with Crippen LogP contribution >= 0.6 is 11.8 Å². The van der Waals surface area contributed by atoms with Crippen molar-refractivity contribution in [3.05, 3.63) is 73.8 Å². The molecule has 1 fully saturated rings. The highest BCUT2D eigenvalue weighted by molar-refractivity contribution is 7.99. The lowest BCUT2D eigenvalue weighted by Crippen LogP contribution is -2.30. The lowest BCUT2D eigenvalue weighted by atomic mass is 10.1. The molecule has 0 spiro atoms. The van der Waals surface area contributed by atoms with Crippen molar-refractivity contribution < 1.29 is 19.4 Å². The molecule has 0 aliphatic carbocycles. The molecule has 1 aliphatic rings. The lowest BCUT2D eigenvalue weighted by Gasteiger charge is -2.25. The predicted octanol–water partition coefficient (Wildman–Crippen LogP) is 3.40. The normalized spacial score (nSPS) is 16.2. The fourth-order valence-electron chi connectivity index (χ4n) is 2.90. The molecule has 1 aliphatic heterocycles. The Kier molecular flexibility index (Phi) is 5.26. The van der Waals surface area contributed by atoms with E-state index in [0.29, 0.717) is 18.0 Å². The number of benzene rings is 2. The zero-order valence-electron chi connectivity index (χ0n) is 14.2. The van der Waals surface area contributed by atoms with Gasteiger partial charge in [0.1, 0.15) is 11.1 Å². The quantitative estimate of drug-likeness (QED) is 0.568. The van der Waals surface area contributed by atoms with Crippen molar-refractivity contribution in [3.8, 4) is 5.75 Å². The van der Waals surface area contributed by atoms with E-state index in [4.69, 9.17) is 4.74 Å². The molecule has 10 heteroatoms. The van der Waals surface area contributed by atoms with E-state index in [9.17, 15) is 25.0 Å². The number of para-hydroxylation sites is 1. The van der Waals surface area contributed by atoms with Gasteiger partial charge in [0.05, 0.1) is 28.6 Å². The minimum atomic E-state index is -0.750. The van der Waals surface area contributed by atoms with Crippen LogP contribution in [0, 0.1) is 20.2 Å². The molecular formula is C17H15N3O6S. The second-order valence-corrected chi connectivity index (χ2v) is 6.90. The minimum absolute atomic E-state index is 0.0849. The van der Waals surface area contributed by atoms with E-state index in [0.717, 1.165) is 23.8 Å². The third-order valence-corrected chi connectivity index (χ3v) is 5.37. The topological polar surface area (TPSA) is 116 Å². The zero-order valence-corrected chi connectivity index (χ0v) is 15.0. The van der Waals surface area contributed by atoms with E-state index in [1.807, 2.05) is 18.2 Å². The molecule has 2 aromatic rings. The van der Waals surface area contributed by atoms with Gasteiger partial charge in [-0.1, -0.05) is 18.2 Å². The molecule has 0 unspecified atom stereocenters. The summed E-state index contributed by atoms with van der Waals surface area (Å²) in [5.41, 5.74) is -0.268. The summed E-state index contributed by atoms with van der Waals surface area (Å²) in [5.74, 6) is 0.799. The Balaban J connectivity index is 1.99. The van der Waals surface area contributed by atoms with Crippen molar-refractivity contribution in [1.82, 2.24) is 4.90 Å². The molecule has 1 saturated heterocycles. The molecule has 1 amide bonds. The van der Waals surface area contributed by atoms with Crippen LogP contribution in [0.5, 0.6) is 5.75 Å². The van der Waals surface area contributed by atoms with Crippen LogP contribution in [-0.4, -0.2) is 40.1 Å². The van der Waals surface area contributed by atoms with Gasteiger partial charge in [-0.25, -0.2) is 0 Å². The number of hydrogen-bond acceptors (Lipinski definition) is 7. The number of nitrogens with zero attached hydrogens (tertiary/aromatic N) is 3.